The fraction of sp³-hybridized carbons (Fsp3) is 0.750. The van der Waals surface area contributed by atoms with Gasteiger partial charge in [-0.05, 0) is 59.5 Å². The van der Waals surface area contributed by atoms with Crippen molar-refractivity contribution in [3.63, 3.8) is 0 Å². The zero-order chi connectivity index (χ0) is 15.2. The van der Waals surface area contributed by atoms with E-state index in [-0.39, 0.29) is 0 Å². The number of rotatable bonds is 6. The molecule has 0 saturated carbocycles. The molecule has 118 valence electrons. The SMILES string of the molecule is CCOc1cc(N(CC2CCCNC2)C(C)C)nc(C)n1. The summed E-state index contributed by atoms with van der Waals surface area (Å²) in [6, 6.07) is 2.38. The van der Waals surface area contributed by atoms with Gasteiger partial charge in [0.05, 0.1) is 6.61 Å². The number of ether oxygens (including phenoxy) is 1. The smallest absolute Gasteiger partial charge is 0.218 e. The van der Waals surface area contributed by atoms with E-state index in [4.69, 9.17) is 4.74 Å². The quantitative estimate of drug-likeness (QED) is 0.872. The van der Waals surface area contributed by atoms with E-state index in [2.05, 4.69) is 34.0 Å². The second kappa shape index (κ2) is 7.59. The molecule has 1 N–H and O–H groups in total. The third-order valence-electron chi connectivity index (χ3n) is 3.86. The molecule has 0 aliphatic carbocycles. The molecule has 1 aromatic rings. The Kier molecular flexibility index (Phi) is 5.79. The summed E-state index contributed by atoms with van der Waals surface area (Å²) in [5, 5.41) is 3.49. The summed E-state index contributed by atoms with van der Waals surface area (Å²) in [6.07, 6.45) is 2.56. The van der Waals surface area contributed by atoms with E-state index in [0.29, 0.717) is 24.4 Å². The molecule has 1 atom stereocenters. The highest BCUT2D eigenvalue weighted by molar-refractivity contribution is 5.42. The molecule has 5 heteroatoms. The fourth-order valence-corrected chi connectivity index (χ4v) is 2.82. The van der Waals surface area contributed by atoms with E-state index >= 15 is 0 Å². The number of piperidine rings is 1. The summed E-state index contributed by atoms with van der Waals surface area (Å²) in [7, 11) is 0. The van der Waals surface area contributed by atoms with Crippen molar-refractivity contribution in [1.29, 1.82) is 0 Å². The third kappa shape index (κ3) is 4.56. The van der Waals surface area contributed by atoms with Gasteiger partial charge in [-0.1, -0.05) is 0 Å². The minimum atomic E-state index is 0.413. The largest absolute Gasteiger partial charge is 0.478 e. The number of anilines is 1. The monoisotopic (exact) mass is 292 g/mol. The molecule has 0 aromatic carbocycles. The molecular formula is C16H28N4O. The Bertz CT molecular complexity index is 444. The van der Waals surface area contributed by atoms with Crippen LogP contribution in [0.15, 0.2) is 6.07 Å². The molecule has 0 bridgehead atoms. The Morgan fingerprint density at radius 1 is 1.43 bits per heavy atom. The molecule has 1 saturated heterocycles. The molecule has 1 aromatic heterocycles. The maximum Gasteiger partial charge on any atom is 0.218 e. The van der Waals surface area contributed by atoms with Crippen LogP contribution in [0.25, 0.3) is 0 Å². The third-order valence-corrected chi connectivity index (χ3v) is 3.86. The van der Waals surface area contributed by atoms with Crippen LogP contribution in [0.3, 0.4) is 0 Å². The van der Waals surface area contributed by atoms with E-state index < -0.39 is 0 Å². The number of aromatic nitrogens is 2. The highest BCUT2D eigenvalue weighted by Gasteiger charge is 2.21. The van der Waals surface area contributed by atoms with Crippen LogP contribution in [-0.4, -0.2) is 42.3 Å². The zero-order valence-corrected chi connectivity index (χ0v) is 13.7. The van der Waals surface area contributed by atoms with E-state index in [1.54, 1.807) is 0 Å². The molecule has 0 spiro atoms. The first-order valence-electron chi connectivity index (χ1n) is 8.06. The topological polar surface area (TPSA) is 50.3 Å². The Morgan fingerprint density at radius 2 is 2.24 bits per heavy atom. The summed E-state index contributed by atoms with van der Waals surface area (Å²) in [6.45, 7) is 12.3. The van der Waals surface area contributed by atoms with Crippen molar-refractivity contribution in [2.45, 2.75) is 46.6 Å². The van der Waals surface area contributed by atoms with E-state index in [9.17, 15) is 0 Å². The lowest BCUT2D eigenvalue weighted by Gasteiger charge is -2.33. The van der Waals surface area contributed by atoms with Crippen molar-refractivity contribution in [3.05, 3.63) is 11.9 Å². The predicted octanol–water partition coefficient (Wildman–Crippen LogP) is 2.40. The molecule has 1 aliphatic rings. The summed E-state index contributed by atoms with van der Waals surface area (Å²) in [4.78, 5) is 11.3. The van der Waals surface area contributed by atoms with Crippen LogP contribution in [0.1, 0.15) is 39.4 Å². The average Bonchev–Trinajstić information content (AvgIpc) is 2.45. The first-order chi connectivity index (χ1) is 10.1. The van der Waals surface area contributed by atoms with Crippen LogP contribution in [0.4, 0.5) is 5.82 Å². The lowest BCUT2D eigenvalue weighted by atomic mass is 9.98. The lowest BCUT2D eigenvalue weighted by Crippen LogP contribution is -2.41. The van der Waals surface area contributed by atoms with Crippen LogP contribution in [0.2, 0.25) is 0 Å². The van der Waals surface area contributed by atoms with Crippen molar-refractivity contribution >= 4 is 5.82 Å². The number of hydrogen-bond donors (Lipinski definition) is 1. The van der Waals surface area contributed by atoms with Gasteiger partial charge in [0.2, 0.25) is 5.88 Å². The molecule has 0 radical (unpaired) electrons. The van der Waals surface area contributed by atoms with Crippen molar-refractivity contribution in [2.75, 3.05) is 31.1 Å². The van der Waals surface area contributed by atoms with Crippen molar-refractivity contribution in [2.24, 2.45) is 5.92 Å². The first kappa shape index (κ1) is 16.0. The number of aryl methyl sites for hydroxylation is 1. The van der Waals surface area contributed by atoms with Gasteiger partial charge in [0.1, 0.15) is 11.6 Å². The first-order valence-corrected chi connectivity index (χ1v) is 8.06. The minimum absolute atomic E-state index is 0.413. The van der Waals surface area contributed by atoms with Crippen molar-refractivity contribution in [1.82, 2.24) is 15.3 Å². The maximum absolute atomic E-state index is 5.56. The Labute approximate surface area is 128 Å². The Hall–Kier alpha value is -1.36. The predicted molar refractivity (Wildman–Crippen MR) is 86.0 cm³/mol. The van der Waals surface area contributed by atoms with E-state index in [0.717, 1.165) is 31.3 Å². The summed E-state index contributed by atoms with van der Waals surface area (Å²) in [5.74, 6) is 3.11. The second-order valence-corrected chi connectivity index (χ2v) is 6.00. The number of nitrogens with zero attached hydrogens (tertiary/aromatic N) is 3. The van der Waals surface area contributed by atoms with Gasteiger partial charge in [0.15, 0.2) is 0 Å². The summed E-state index contributed by atoms with van der Waals surface area (Å²) >= 11 is 0. The van der Waals surface area contributed by atoms with Gasteiger partial charge >= 0.3 is 0 Å². The number of hydrogen-bond acceptors (Lipinski definition) is 5. The highest BCUT2D eigenvalue weighted by Crippen LogP contribution is 2.22. The van der Waals surface area contributed by atoms with Crippen LogP contribution >= 0.6 is 0 Å². The molecule has 21 heavy (non-hydrogen) atoms. The maximum atomic E-state index is 5.56. The van der Waals surface area contributed by atoms with E-state index in [1.165, 1.54) is 12.8 Å². The van der Waals surface area contributed by atoms with Crippen LogP contribution in [0.5, 0.6) is 5.88 Å². The Morgan fingerprint density at radius 3 is 2.86 bits per heavy atom. The molecule has 2 rings (SSSR count). The van der Waals surface area contributed by atoms with Gasteiger partial charge in [-0.2, -0.15) is 4.98 Å². The molecular weight excluding hydrogens is 264 g/mol. The Balaban J connectivity index is 2.16. The zero-order valence-electron chi connectivity index (χ0n) is 13.7. The van der Waals surface area contributed by atoms with Crippen LogP contribution < -0.4 is 15.0 Å². The fourth-order valence-electron chi connectivity index (χ4n) is 2.82. The molecule has 1 unspecified atom stereocenters. The summed E-state index contributed by atoms with van der Waals surface area (Å²) < 4.78 is 5.56. The van der Waals surface area contributed by atoms with Crippen molar-refractivity contribution in [3.8, 4) is 5.88 Å². The van der Waals surface area contributed by atoms with Gasteiger partial charge in [-0.3, -0.25) is 0 Å². The minimum Gasteiger partial charge on any atom is -0.478 e. The van der Waals surface area contributed by atoms with Gasteiger partial charge < -0.3 is 15.0 Å². The molecule has 1 fully saturated rings. The molecule has 2 heterocycles. The normalized spacial score (nSPS) is 18.8. The van der Waals surface area contributed by atoms with Crippen molar-refractivity contribution < 1.29 is 4.74 Å². The van der Waals surface area contributed by atoms with Crippen LogP contribution in [0, 0.1) is 12.8 Å². The second-order valence-electron chi connectivity index (χ2n) is 6.00. The van der Waals surface area contributed by atoms with Gasteiger partial charge in [0, 0.05) is 18.7 Å². The van der Waals surface area contributed by atoms with Gasteiger partial charge in [-0.25, -0.2) is 4.98 Å². The highest BCUT2D eigenvalue weighted by atomic mass is 16.5. The average molecular weight is 292 g/mol. The number of nitrogens with one attached hydrogen (secondary N) is 1. The standard InChI is InChI=1S/C16H28N4O/c1-5-21-16-9-15(18-13(4)19-16)20(12(2)3)11-14-7-6-8-17-10-14/h9,12,14,17H,5-8,10-11H2,1-4H3. The van der Waals surface area contributed by atoms with Gasteiger partial charge in [-0.15, -0.1) is 0 Å². The van der Waals surface area contributed by atoms with E-state index in [1.807, 2.05) is 19.9 Å². The molecule has 1 aliphatic heterocycles. The van der Waals surface area contributed by atoms with Gasteiger partial charge in [0.25, 0.3) is 0 Å². The summed E-state index contributed by atoms with van der Waals surface area (Å²) in [5.41, 5.74) is 0. The molecule has 5 nitrogen and oxygen atoms in total. The van der Waals surface area contributed by atoms with Crippen LogP contribution in [-0.2, 0) is 0 Å². The molecule has 0 amide bonds. The lowest BCUT2D eigenvalue weighted by molar-refractivity contribution is 0.324.